The first-order valence-electron chi connectivity index (χ1n) is 23.3. The van der Waals surface area contributed by atoms with Crippen LogP contribution in [0.3, 0.4) is 0 Å². The molecule has 40 heteroatoms. The number of para-hydroxylation sites is 2. The SMILES string of the molecule is COc1cc2cccc(S(=O)(=O)O)c2c2sc(N=Nc3cc(SCCCS(=O)(=O)O)c(N=Nc4cc(OCCCS(=O)(=O)O)c(N=Nc5c(C)c(C#N)c6nc7ccccc7n6c5O)cc4CO)cc3C)nc12.CS(=O)(=O)O.O=S(=O)=O.O=S(=O)=O. The lowest BCUT2D eigenvalue weighted by atomic mass is 10.1. The number of aliphatic hydroxyl groups excluding tert-OH is 1. The normalized spacial score (nSPS) is 12.0. The molecule has 3 aromatic heterocycles. The fraction of sp³-hybridized carbons (Fsp3) is 0.239. The Hall–Kier alpha value is -7.92. The number of methoxy groups -OCH3 is 1. The van der Waals surface area contributed by atoms with Crippen LogP contribution in [0.5, 0.6) is 17.4 Å². The number of hydrogen-bond donors (Lipinski definition) is 6. The van der Waals surface area contributed by atoms with Gasteiger partial charge in [0.15, 0.2) is 11.3 Å². The van der Waals surface area contributed by atoms with E-state index in [0.29, 0.717) is 49.3 Å². The van der Waals surface area contributed by atoms with Crippen LogP contribution in [-0.4, -0.2) is 139 Å². The Morgan fingerprint density at radius 1 is 0.733 bits per heavy atom. The highest BCUT2D eigenvalue weighted by atomic mass is 32.2. The first-order valence-corrected chi connectivity index (χ1v) is 33.7. The molecular weight excluding hydrogens is 1300 g/mol. The van der Waals surface area contributed by atoms with E-state index < -0.39 is 79.8 Å². The number of imidazole rings is 1. The number of fused-ring (bicyclic) bond motifs is 6. The van der Waals surface area contributed by atoms with Crippen LogP contribution in [-0.2, 0) is 68.3 Å². The predicted octanol–water partition coefficient (Wildman–Crippen LogP) is 7.96. The summed E-state index contributed by atoms with van der Waals surface area (Å²) in [4.78, 5) is 9.16. The van der Waals surface area contributed by atoms with Crippen LogP contribution >= 0.6 is 23.1 Å². The summed E-state index contributed by atoms with van der Waals surface area (Å²) in [6.07, 6.45) is 0.611. The number of aliphatic hydroxyl groups is 1. The van der Waals surface area contributed by atoms with Crippen LogP contribution in [0.15, 0.2) is 113 Å². The van der Waals surface area contributed by atoms with Crippen LogP contribution in [0.1, 0.15) is 35.1 Å². The molecule has 8 rings (SSSR count). The van der Waals surface area contributed by atoms with Crippen LogP contribution in [0, 0.1) is 25.2 Å². The summed E-state index contributed by atoms with van der Waals surface area (Å²) in [5.41, 5.74) is 3.10. The molecule has 0 fully saturated rings. The summed E-state index contributed by atoms with van der Waals surface area (Å²) < 4.78 is 189. The van der Waals surface area contributed by atoms with Crippen LogP contribution < -0.4 is 9.47 Å². The minimum atomic E-state index is -4.64. The Bertz CT molecular complexity index is 4740. The van der Waals surface area contributed by atoms with Crippen molar-refractivity contribution in [3.63, 3.8) is 0 Å². The van der Waals surface area contributed by atoms with Crippen LogP contribution in [0.2, 0.25) is 0 Å². The molecule has 0 bridgehead atoms. The van der Waals surface area contributed by atoms with Crippen molar-refractivity contribution in [1.29, 1.82) is 5.26 Å². The molecule has 8 aromatic rings. The fourth-order valence-corrected chi connectivity index (χ4v) is 11.4. The van der Waals surface area contributed by atoms with E-state index in [0.717, 1.165) is 11.3 Å². The molecule has 458 valence electrons. The van der Waals surface area contributed by atoms with Gasteiger partial charge in [0.2, 0.25) is 11.0 Å². The van der Waals surface area contributed by atoms with Gasteiger partial charge in [-0.15, -0.1) is 62.6 Å². The molecule has 3 heterocycles. The van der Waals surface area contributed by atoms with E-state index in [4.69, 9.17) is 39.3 Å². The second-order valence-electron chi connectivity index (χ2n) is 17.1. The molecule has 0 radical (unpaired) electrons. The molecule has 0 spiro atoms. The molecule has 0 aliphatic rings. The van der Waals surface area contributed by atoms with E-state index in [2.05, 4.69) is 46.7 Å². The molecule has 6 N–H and O–H groups in total. The van der Waals surface area contributed by atoms with E-state index >= 15 is 0 Å². The Kier molecular flexibility index (Phi) is 23.6. The molecular formula is C46H44N10O22S8. The lowest BCUT2D eigenvalue weighted by Gasteiger charge is -2.13. The Balaban J connectivity index is 0.000000941. The number of ether oxygens (including phenoxy) is 2. The number of aromatic nitrogens is 3. The van der Waals surface area contributed by atoms with Crippen molar-refractivity contribution in [2.75, 3.05) is 37.2 Å². The van der Waals surface area contributed by atoms with Gasteiger partial charge in [0.05, 0.1) is 70.9 Å². The minimum Gasteiger partial charge on any atom is -0.494 e. The van der Waals surface area contributed by atoms with Crippen molar-refractivity contribution in [2.24, 2.45) is 30.7 Å². The molecule has 0 aliphatic heterocycles. The van der Waals surface area contributed by atoms with Gasteiger partial charge in [-0.3, -0.25) is 22.6 Å². The van der Waals surface area contributed by atoms with E-state index in [1.807, 2.05) is 0 Å². The summed E-state index contributed by atoms with van der Waals surface area (Å²) in [6.45, 7) is 2.40. The highest BCUT2D eigenvalue weighted by Crippen LogP contribution is 2.45. The van der Waals surface area contributed by atoms with Crippen molar-refractivity contribution in [1.82, 2.24) is 14.4 Å². The zero-order valence-electron chi connectivity index (χ0n) is 44.3. The van der Waals surface area contributed by atoms with Gasteiger partial charge in [0.1, 0.15) is 39.2 Å². The number of benzene rings is 5. The third-order valence-corrected chi connectivity index (χ3v) is 15.5. The van der Waals surface area contributed by atoms with E-state index in [9.17, 15) is 62.8 Å². The molecule has 5 aromatic carbocycles. The largest absolute Gasteiger partial charge is 0.494 e. The maximum absolute atomic E-state index is 12.4. The monoisotopic (exact) mass is 1340 g/mol. The van der Waals surface area contributed by atoms with Gasteiger partial charge in [0, 0.05) is 27.5 Å². The standard InChI is InChI=1S/C45H40N10O13S5.CH4O3S.2O3S/c1-24-17-33(37(69-14-8-16-72(61,62)63)21-30(24)49-54-45-48-41-36(67-3)19-26-9-6-12-38(73(64,65)66)39(26)42(41)70-45)52-50-31-20-35(68-13-7-15-71(58,59)60)32(18-27(31)23-56)51-53-40-25(2)28(22-46)43-47-29-10-4-5-11-34(29)55(43)44(40)57;1-5(2,3)4;2*1-4(2)3/h4-6,9-12,17-21,56-57H,7-8,13-16,23H2,1-3H3,(H,58,59,60)(H,61,62,63)(H,64,65,66);1H3,(H,2,3,4);;. The third kappa shape index (κ3) is 19.6. The Labute approximate surface area is 498 Å². The number of rotatable bonds is 19. The number of thiazole rings is 1. The second-order valence-corrected chi connectivity index (χ2v) is 26.0. The maximum Gasteiger partial charge on any atom is 0.425 e. The maximum atomic E-state index is 12.4. The molecule has 32 nitrogen and oxygen atoms in total. The number of hydrogen-bond acceptors (Lipinski definition) is 29. The van der Waals surface area contributed by atoms with Crippen molar-refractivity contribution in [2.45, 2.75) is 43.1 Å². The summed E-state index contributed by atoms with van der Waals surface area (Å²) in [5, 5.41) is 59.4. The van der Waals surface area contributed by atoms with Gasteiger partial charge in [-0.1, -0.05) is 35.6 Å². The van der Waals surface area contributed by atoms with Crippen LogP contribution in [0.4, 0.5) is 33.6 Å². The average molecular weight is 1350 g/mol. The number of nitriles is 1. The number of aromatic hydroxyl groups is 1. The molecule has 0 amide bonds. The summed E-state index contributed by atoms with van der Waals surface area (Å²) in [7, 11) is -21.7. The first-order chi connectivity index (χ1) is 40.1. The van der Waals surface area contributed by atoms with E-state index in [-0.39, 0.29) is 103 Å². The number of aryl methyl sites for hydroxylation is 1. The average Bonchev–Trinajstić information content (AvgIpc) is 1.96. The molecule has 0 atom stereocenters. The van der Waals surface area contributed by atoms with Gasteiger partial charge in [-0.2, -0.15) is 44.0 Å². The lowest BCUT2D eigenvalue weighted by Crippen LogP contribution is -2.08. The highest BCUT2D eigenvalue weighted by Gasteiger charge is 2.23. The van der Waals surface area contributed by atoms with E-state index in [1.165, 1.54) is 47.5 Å². The fourth-order valence-electron chi connectivity index (χ4n) is 7.53. The number of azo groups is 3. The van der Waals surface area contributed by atoms with Crippen molar-refractivity contribution in [3.05, 3.63) is 95.1 Å². The van der Waals surface area contributed by atoms with Gasteiger partial charge in [0.25, 0.3) is 40.5 Å². The summed E-state index contributed by atoms with van der Waals surface area (Å²) in [5.74, 6) is -1.04. The molecule has 0 saturated carbocycles. The van der Waals surface area contributed by atoms with Gasteiger partial charge in [-0.25, -0.2) is 9.97 Å². The molecule has 0 saturated heterocycles. The molecule has 0 unspecified atom stereocenters. The van der Waals surface area contributed by atoms with E-state index in [1.54, 1.807) is 62.4 Å². The zero-order chi connectivity index (χ0) is 64.1. The third-order valence-electron chi connectivity index (χ3n) is 11.0. The highest BCUT2D eigenvalue weighted by molar-refractivity contribution is 7.99. The topological polar surface area (TPSA) is 507 Å². The number of thioether (sulfide) groups is 1. The summed E-state index contributed by atoms with van der Waals surface area (Å²) in [6, 6.07) is 21.0. The van der Waals surface area contributed by atoms with Gasteiger partial charge in [-0.05, 0) is 85.9 Å². The Morgan fingerprint density at radius 3 is 1.94 bits per heavy atom. The van der Waals surface area contributed by atoms with Crippen molar-refractivity contribution < 1.29 is 96.8 Å². The number of nitrogens with zero attached hydrogens (tertiary/aromatic N) is 10. The lowest BCUT2D eigenvalue weighted by molar-refractivity contribution is 0.281. The Morgan fingerprint density at radius 2 is 1.34 bits per heavy atom. The predicted molar refractivity (Wildman–Crippen MR) is 309 cm³/mol. The smallest absolute Gasteiger partial charge is 0.425 e. The van der Waals surface area contributed by atoms with Crippen molar-refractivity contribution in [3.8, 4) is 23.4 Å². The van der Waals surface area contributed by atoms with Gasteiger partial charge >= 0.3 is 21.2 Å². The first kappa shape index (κ1) is 68.9. The van der Waals surface area contributed by atoms with Crippen molar-refractivity contribution >= 4 is 156 Å². The second kappa shape index (κ2) is 29.5. The molecule has 86 heavy (non-hydrogen) atoms. The number of pyridine rings is 1. The zero-order valence-corrected chi connectivity index (χ0v) is 50.9. The molecule has 0 aliphatic carbocycles. The quantitative estimate of drug-likeness (QED) is 0.0193. The van der Waals surface area contributed by atoms with Gasteiger partial charge < -0.3 is 19.7 Å². The minimum absolute atomic E-state index is 0.0120. The van der Waals surface area contributed by atoms with Crippen LogP contribution in [0.25, 0.3) is 37.7 Å². The summed E-state index contributed by atoms with van der Waals surface area (Å²) >= 11 is 2.17.